The van der Waals surface area contributed by atoms with Gasteiger partial charge in [-0.25, -0.2) is 4.79 Å². The molecule has 8 heteroatoms. The number of amides is 3. The molecule has 0 bridgehead atoms. The van der Waals surface area contributed by atoms with E-state index in [1.54, 1.807) is 32.9 Å². The minimum absolute atomic E-state index is 0.322. The van der Waals surface area contributed by atoms with Gasteiger partial charge in [0.1, 0.15) is 11.3 Å². The van der Waals surface area contributed by atoms with Crippen LogP contribution < -0.4 is 5.32 Å². The molecule has 0 spiro atoms. The minimum atomic E-state index is -1.21. The second-order valence-electron chi connectivity index (χ2n) is 8.10. The number of nitrogens with one attached hydrogen (secondary N) is 1. The van der Waals surface area contributed by atoms with E-state index < -0.39 is 17.5 Å². The Kier molecular flexibility index (Phi) is 4.80. The van der Waals surface area contributed by atoms with Gasteiger partial charge < -0.3 is 9.84 Å². The van der Waals surface area contributed by atoms with Crippen molar-refractivity contribution < 1.29 is 18.9 Å². The molecule has 1 fully saturated rings. The number of carbonyl (C=O) groups excluding carboxylic acids is 3. The molecule has 0 radical (unpaired) electrons. The van der Waals surface area contributed by atoms with E-state index in [4.69, 9.17) is 4.52 Å². The summed E-state index contributed by atoms with van der Waals surface area (Å²) in [6, 6.07) is 10.3. The zero-order valence-electron chi connectivity index (χ0n) is 18.1. The van der Waals surface area contributed by atoms with E-state index in [-0.39, 0.29) is 12.3 Å². The number of hydrogen-bond acceptors (Lipinski definition) is 5. The van der Waals surface area contributed by atoms with Crippen LogP contribution in [0.5, 0.6) is 0 Å². The number of imide groups is 1. The standard InChI is InChI=1S/C23H24N4O4/c1-13-8-6-7-9-18(13)23(5)21(29)26(22(30)24-23)12-19(28)17-10-14(2)27(16(17)4)20-11-15(3)31-25-20/h6-11H,12H2,1-5H3,(H,24,30). The van der Waals surface area contributed by atoms with Crippen LogP contribution in [0.25, 0.3) is 5.82 Å². The van der Waals surface area contributed by atoms with Crippen LogP contribution in [0.4, 0.5) is 4.79 Å². The van der Waals surface area contributed by atoms with Crippen molar-refractivity contribution in [1.82, 2.24) is 19.9 Å². The van der Waals surface area contributed by atoms with Gasteiger partial charge in [-0.1, -0.05) is 29.4 Å². The van der Waals surface area contributed by atoms with E-state index in [1.807, 2.05) is 42.7 Å². The Hall–Kier alpha value is -3.68. The van der Waals surface area contributed by atoms with Crippen molar-refractivity contribution in [3.63, 3.8) is 0 Å². The Morgan fingerprint density at radius 2 is 1.84 bits per heavy atom. The molecular formula is C23H24N4O4. The summed E-state index contributed by atoms with van der Waals surface area (Å²) in [4.78, 5) is 39.9. The Bertz CT molecular complexity index is 1220. The van der Waals surface area contributed by atoms with Crippen LogP contribution in [0.15, 0.2) is 40.9 Å². The van der Waals surface area contributed by atoms with Crippen LogP contribution in [-0.2, 0) is 10.3 Å². The van der Waals surface area contributed by atoms with Gasteiger partial charge in [-0.15, -0.1) is 0 Å². The summed E-state index contributed by atoms with van der Waals surface area (Å²) in [6.45, 7) is 8.66. The fourth-order valence-electron chi connectivity index (χ4n) is 4.24. The van der Waals surface area contributed by atoms with Crippen LogP contribution in [0.2, 0.25) is 0 Å². The SMILES string of the molecule is Cc1cc(-n2c(C)cc(C(=O)CN3C(=O)NC(C)(c4ccccc4C)C3=O)c2C)no1. The third-order valence-corrected chi connectivity index (χ3v) is 5.84. The molecule has 1 aromatic carbocycles. The number of carbonyl (C=O) groups is 3. The molecule has 160 valence electrons. The van der Waals surface area contributed by atoms with Gasteiger partial charge in [-0.05, 0) is 51.8 Å². The van der Waals surface area contributed by atoms with Crippen LogP contribution >= 0.6 is 0 Å². The summed E-state index contributed by atoms with van der Waals surface area (Å²) in [5, 5.41) is 6.78. The van der Waals surface area contributed by atoms with Crippen molar-refractivity contribution in [2.75, 3.05) is 6.54 Å². The molecule has 1 aliphatic heterocycles. The minimum Gasteiger partial charge on any atom is -0.360 e. The second-order valence-corrected chi connectivity index (χ2v) is 8.10. The highest BCUT2D eigenvalue weighted by Gasteiger charge is 2.50. The van der Waals surface area contributed by atoms with E-state index in [0.717, 1.165) is 16.2 Å². The normalized spacial score (nSPS) is 18.5. The molecule has 31 heavy (non-hydrogen) atoms. The topological polar surface area (TPSA) is 97.4 Å². The largest absolute Gasteiger partial charge is 0.360 e. The molecule has 0 aliphatic carbocycles. The maximum atomic E-state index is 13.2. The second kappa shape index (κ2) is 7.23. The molecular weight excluding hydrogens is 396 g/mol. The van der Waals surface area contributed by atoms with Gasteiger partial charge in [0, 0.05) is 23.0 Å². The van der Waals surface area contributed by atoms with Crippen LogP contribution in [0, 0.1) is 27.7 Å². The zero-order valence-corrected chi connectivity index (χ0v) is 18.1. The average Bonchev–Trinajstić information content (AvgIpc) is 3.33. The molecule has 8 nitrogen and oxygen atoms in total. The number of rotatable bonds is 5. The highest BCUT2D eigenvalue weighted by molar-refractivity contribution is 6.11. The lowest BCUT2D eigenvalue weighted by Crippen LogP contribution is -2.42. The molecule has 1 aliphatic rings. The number of hydrogen-bond donors (Lipinski definition) is 1. The van der Waals surface area contributed by atoms with E-state index in [1.165, 1.54) is 0 Å². The molecule has 1 atom stereocenters. The van der Waals surface area contributed by atoms with Gasteiger partial charge >= 0.3 is 6.03 Å². The van der Waals surface area contributed by atoms with Gasteiger partial charge in [-0.2, -0.15) is 0 Å². The molecule has 4 rings (SSSR count). The number of Topliss-reactive ketones (excluding diaryl/α,β-unsaturated/α-hetero) is 1. The maximum absolute atomic E-state index is 13.2. The molecule has 3 aromatic rings. The highest BCUT2D eigenvalue weighted by atomic mass is 16.5. The number of ketones is 1. The summed E-state index contributed by atoms with van der Waals surface area (Å²) in [7, 11) is 0. The number of aromatic nitrogens is 2. The van der Waals surface area contributed by atoms with Gasteiger partial charge in [0.25, 0.3) is 5.91 Å². The fraction of sp³-hybridized carbons (Fsp3) is 0.304. The van der Waals surface area contributed by atoms with Crippen molar-refractivity contribution in [2.45, 2.75) is 40.2 Å². The Morgan fingerprint density at radius 1 is 1.13 bits per heavy atom. The molecule has 1 saturated heterocycles. The summed E-state index contributed by atoms with van der Waals surface area (Å²) in [5.74, 6) is 0.469. The van der Waals surface area contributed by atoms with Crippen molar-refractivity contribution in [3.05, 3.63) is 70.2 Å². The van der Waals surface area contributed by atoms with Crippen molar-refractivity contribution >= 4 is 17.7 Å². The molecule has 3 heterocycles. The molecule has 0 saturated carbocycles. The third-order valence-electron chi connectivity index (χ3n) is 5.84. The third kappa shape index (κ3) is 3.24. The van der Waals surface area contributed by atoms with Gasteiger partial charge in [0.05, 0.1) is 6.54 Å². The fourth-order valence-corrected chi connectivity index (χ4v) is 4.24. The number of nitrogens with zero attached hydrogens (tertiary/aromatic N) is 3. The first-order chi connectivity index (χ1) is 14.6. The first-order valence-electron chi connectivity index (χ1n) is 9.99. The lowest BCUT2D eigenvalue weighted by Gasteiger charge is -2.24. The van der Waals surface area contributed by atoms with Crippen LogP contribution in [0.1, 0.15) is 45.6 Å². The smallest absolute Gasteiger partial charge is 0.325 e. The lowest BCUT2D eigenvalue weighted by atomic mass is 9.88. The Morgan fingerprint density at radius 3 is 2.48 bits per heavy atom. The first kappa shape index (κ1) is 20.6. The van der Waals surface area contributed by atoms with Gasteiger partial charge in [-0.3, -0.25) is 19.1 Å². The lowest BCUT2D eigenvalue weighted by molar-refractivity contribution is -0.130. The Labute approximate surface area is 179 Å². The summed E-state index contributed by atoms with van der Waals surface area (Å²) < 4.78 is 6.96. The number of urea groups is 1. The molecule has 2 aromatic heterocycles. The van der Waals surface area contributed by atoms with E-state index in [0.29, 0.717) is 28.4 Å². The number of aryl methyl sites for hydroxylation is 3. The molecule has 1 unspecified atom stereocenters. The van der Waals surface area contributed by atoms with Crippen molar-refractivity contribution in [1.29, 1.82) is 0 Å². The van der Waals surface area contributed by atoms with Crippen LogP contribution in [0.3, 0.4) is 0 Å². The summed E-state index contributed by atoms with van der Waals surface area (Å²) in [6.07, 6.45) is 0. The van der Waals surface area contributed by atoms with E-state index in [2.05, 4.69) is 10.5 Å². The predicted octanol–water partition coefficient (Wildman–Crippen LogP) is 3.35. The van der Waals surface area contributed by atoms with E-state index in [9.17, 15) is 14.4 Å². The highest BCUT2D eigenvalue weighted by Crippen LogP contribution is 2.31. The monoisotopic (exact) mass is 420 g/mol. The van der Waals surface area contributed by atoms with Crippen molar-refractivity contribution in [3.8, 4) is 5.82 Å². The maximum Gasteiger partial charge on any atom is 0.325 e. The average molecular weight is 420 g/mol. The van der Waals surface area contributed by atoms with Gasteiger partial charge in [0.15, 0.2) is 11.6 Å². The van der Waals surface area contributed by atoms with E-state index >= 15 is 0 Å². The quantitative estimate of drug-likeness (QED) is 0.504. The summed E-state index contributed by atoms with van der Waals surface area (Å²) >= 11 is 0. The first-order valence-corrected chi connectivity index (χ1v) is 9.99. The summed E-state index contributed by atoms with van der Waals surface area (Å²) in [5.41, 5.74) is 2.29. The predicted molar refractivity (Wildman–Crippen MR) is 113 cm³/mol. The van der Waals surface area contributed by atoms with Crippen LogP contribution in [-0.4, -0.2) is 38.9 Å². The van der Waals surface area contributed by atoms with Gasteiger partial charge in [0.2, 0.25) is 0 Å². The van der Waals surface area contributed by atoms with Crippen molar-refractivity contribution in [2.24, 2.45) is 0 Å². The molecule has 1 N–H and O–H groups in total. The number of benzene rings is 1. The Balaban J connectivity index is 1.62. The molecule has 3 amide bonds. The zero-order chi connectivity index (χ0) is 22.5.